The molecular formula is C17H24N2O2S. The Labute approximate surface area is 136 Å². The van der Waals surface area contributed by atoms with Crippen molar-refractivity contribution < 1.29 is 9.53 Å². The molecule has 3 rings (SSSR count). The minimum atomic E-state index is -0.148. The number of aryl methyl sites for hydroxylation is 1. The van der Waals surface area contributed by atoms with Crippen molar-refractivity contribution >= 4 is 17.7 Å². The second kappa shape index (κ2) is 5.52. The number of nitrogens with zero attached hydrogens (tertiary/aromatic N) is 2. The topological polar surface area (TPSA) is 52.1 Å². The average molecular weight is 320 g/mol. The summed E-state index contributed by atoms with van der Waals surface area (Å²) in [7, 11) is 0. The van der Waals surface area contributed by atoms with Crippen LogP contribution in [-0.4, -0.2) is 27.8 Å². The highest BCUT2D eigenvalue weighted by atomic mass is 32.2. The van der Waals surface area contributed by atoms with Gasteiger partial charge in [-0.15, -0.1) is 0 Å². The fourth-order valence-corrected chi connectivity index (χ4v) is 4.78. The number of carbonyl (C=O) groups excluding carboxylic acids is 1. The molecule has 0 unspecified atom stereocenters. The van der Waals surface area contributed by atoms with Gasteiger partial charge in [0.25, 0.3) is 0 Å². The second-order valence-electron chi connectivity index (χ2n) is 7.36. The summed E-state index contributed by atoms with van der Waals surface area (Å²) in [4.78, 5) is 20.6. The number of hydrogen-bond donors (Lipinski definition) is 0. The molecule has 0 spiro atoms. The minimum absolute atomic E-state index is 0.0628. The largest absolute Gasteiger partial charge is 0.461 e. The maximum Gasteiger partial charge on any atom is 0.316 e. The van der Waals surface area contributed by atoms with Gasteiger partial charge in [0.15, 0.2) is 5.16 Å². The fourth-order valence-electron chi connectivity index (χ4n) is 4.12. The lowest BCUT2D eigenvalue weighted by molar-refractivity contribution is -0.153. The summed E-state index contributed by atoms with van der Waals surface area (Å²) in [5.41, 5.74) is 1.30. The predicted octanol–water partition coefficient (Wildman–Crippen LogP) is 3.64. The maximum absolute atomic E-state index is 12.2. The van der Waals surface area contributed by atoms with E-state index in [0.29, 0.717) is 11.1 Å². The highest BCUT2D eigenvalue weighted by molar-refractivity contribution is 7.99. The average Bonchev–Trinajstić information content (AvgIpc) is 2.78. The van der Waals surface area contributed by atoms with Crippen LogP contribution in [0.4, 0.5) is 0 Å². The molecule has 2 aliphatic carbocycles. The molecule has 0 radical (unpaired) electrons. The van der Waals surface area contributed by atoms with Gasteiger partial charge in [-0.1, -0.05) is 32.5 Å². The monoisotopic (exact) mass is 320 g/mol. The normalized spacial score (nSPS) is 32.2. The van der Waals surface area contributed by atoms with Gasteiger partial charge in [-0.05, 0) is 43.6 Å². The van der Waals surface area contributed by atoms with E-state index in [1.54, 1.807) is 6.20 Å². The van der Waals surface area contributed by atoms with Crippen molar-refractivity contribution in [3.63, 3.8) is 0 Å². The number of carbonyl (C=O) groups is 1. The number of esters is 1. The number of aromatic nitrogens is 2. The molecule has 0 N–H and O–H groups in total. The lowest BCUT2D eigenvalue weighted by Crippen LogP contribution is -2.38. The van der Waals surface area contributed by atoms with Gasteiger partial charge in [0.1, 0.15) is 6.10 Å². The highest BCUT2D eigenvalue weighted by Crippen LogP contribution is 2.66. The highest BCUT2D eigenvalue weighted by Gasteiger charge is 2.62. The van der Waals surface area contributed by atoms with Crippen molar-refractivity contribution in [1.29, 1.82) is 0 Å². The van der Waals surface area contributed by atoms with E-state index in [1.807, 2.05) is 13.0 Å². The van der Waals surface area contributed by atoms with E-state index in [1.165, 1.54) is 18.2 Å². The Morgan fingerprint density at radius 2 is 2.23 bits per heavy atom. The van der Waals surface area contributed by atoms with Gasteiger partial charge in [0, 0.05) is 17.3 Å². The third-order valence-electron chi connectivity index (χ3n) is 6.08. The molecule has 2 saturated carbocycles. The molecule has 3 atom stereocenters. The van der Waals surface area contributed by atoms with Crippen molar-refractivity contribution in [2.24, 2.45) is 16.7 Å². The Balaban J connectivity index is 1.57. The van der Waals surface area contributed by atoms with E-state index in [9.17, 15) is 4.79 Å². The number of rotatable bonds is 4. The van der Waals surface area contributed by atoms with Crippen LogP contribution >= 0.6 is 11.8 Å². The van der Waals surface area contributed by atoms with Crippen LogP contribution in [-0.2, 0) is 9.53 Å². The quantitative estimate of drug-likeness (QED) is 0.482. The number of fused-ring (bicyclic) bond motifs is 2. The Kier molecular flexibility index (Phi) is 3.96. The first-order chi connectivity index (χ1) is 10.3. The smallest absolute Gasteiger partial charge is 0.316 e. The van der Waals surface area contributed by atoms with Crippen LogP contribution in [0.5, 0.6) is 0 Å². The van der Waals surface area contributed by atoms with Gasteiger partial charge in [0.05, 0.1) is 5.75 Å². The second-order valence-corrected chi connectivity index (χ2v) is 8.30. The van der Waals surface area contributed by atoms with E-state index in [0.717, 1.165) is 18.5 Å². The Morgan fingerprint density at radius 3 is 2.82 bits per heavy atom. The van der Waals surface area contributed by atoms with E-state index < -0.39 is 0 Å². The molecule has 4 nitrogen and oxygen atoms in total. The van der Waals surface area contributed by atoms with Gasteiger partial charge < -0.3 is 4.74 Å². The first kappa shape index (κ1) is 15.8. The number of thioether (sulfide) groups is 1. The molecule has 0 amide bonds. The maximum atomic E-state index is 12.2. The Bertz CT molecular complexity index is 590. The molecule has 2 bridgehead atoms. The molecule has 0 aliphatic heterocycles. The summed E-state index contributed by atoms with van der Waals surface area (Å²) >= 11 is 1.35. The molecule has 1 aromatic rings. The Morgan fingerprint density at radius 1 is 1.45 bits per heavy atom. The van der Waals surface area contributed by atoms with Gasteiger partial charge in [-0.2, -0.15) is 0 Å². The molecule has 5 heteroatoms. The van der Waals surface area contributed by atoms with E-state index >= 15 is 0 Å². The molecule has 2 aliphatic rings. The van der Waals surface area contributed by atoms with Crippen molar-refractivity contribution in [2.45, 2.75) is 58.2 Å². The summed E-state index contributed by atoms with van der Waals surface area (Å²) < 4.78 is 5.82. The van der Waals surface area contributed by atoms with Crippen molar-refractivity contribution in [3.05, 3.63) is 18.0 Å². The van der Waals surface area contributed by atoms with Gasteiger partial charge in [-0.3, -0.25) is 4.79 Å². The summed E-state index contributed by atoms with van der Waals surface area (Å²) in [6.45, 7) is 8.86. The molecule has 0 saturated heterocycles. The first-order valence-electron chi connectivity index (χ1n) is 7.95. The summed E-state index contributed by atoms with van der Waals surface area (Å²) in [5.74, 6) is 0.814. The van der Waals surface area contributed by atoms with Crippen molar-refractivity contribution in [3.8, 4) is 0 Å². The number of hydrogen-bond acceptors (Lipinski definition) is 5. The van der Waals surface area contributed by atoms with Crippen molar-refractivity contribution in [2.75, 3.05) is 5.75 Å². The molecular weight excluding hydrogens is 296 g/mol. The molecule has 1 heterocycles. The molecule has 22 heavy (non-hydrogen) atoms. The van der Waals surface area contributed by atoms with Crippen molar-refractivity contribution in [1.82, 2.24) is 9.97 Å². The third kappa shape index (κ3) is 2.53. The summed E-state index contributed by atoms with van der Waals surface area (Å²) in [6, 6.07) is 1.85. The lowest BCUT2D eigenvalue weighted by Gasteiger charge is -2.38. The van der Waals surface area contributed by atoms with Gasteiger partial charge >= 0.3 is 5.97 Å². The zero-order chi connectivity index (χ0) is 16.0. The van der Waals surface area contributed by atoms with Crippen LogP contribution in [0.2, 0.25) is 0 Å². The lowest BCUT2D eigenvalue weighted by atomic mass is 9.70. The standard InChI is InChI=1S/C17H24N2O2S/c1-11-6-8-18-15(19-11)22-10-14(20)21-13-9-12-5-7-17(13,4)16(12,2)3/h6,8,12-13H,5,7,9-10H2,1-4H3/t12-,13-,17+/m1/s1. The summed E-state index contributed by atoms with van der Waals surface area (Å²) in [6.07, 6.45) is 5.23. The molecule has 120 valence electrons. The van der Waals surface area contributed by atoms with Crippen LogP contribution in [0.1, 0.15) is 45.7 Å². The van der Waals surface area contributed by atoms with Crippen LogP contribution in [0.3, 0.4) is 0 Å². The molecule has 0 aromatic carbocycles. The van der Waals surface area contributed by atoms with Crippen LogP contribution in [0.15, 0.2) is 17.4 Å². The number of ether oxygens (including phenoxy) is 1. The van der Waals surface area contributed by atoms with Crippen LogP contribution in [0, 0.1) is 23.7 Å². The SMILES string of the molecule is Cc1ccnc(SCC(=O)O[C@@H]2C[C@H]3CC[C@]2(C)C3(C)C)n1. The van der Waals surface area contributed by atoms with Crippen LogP contribution < -0.4 is 0 Å². The zero-order valence-corrected chi connectivity index (χ0v) is 14.6. The van der Waals surface area contributed by atoms with E-state index in [4.69, 9.17) is 4.74 Å². The predicted molar refractivity (Wildman–Crippen MR) is 86.6 cm³/mol. The fraction of sp³-hybridized carbons (Fsp3) is 0.706. The molecule has 2 fully saturated rings. The third-order valence-corrected chi connectivity index (χ3v) is 6.91. The van der Waals surface area contributed by atoms with Gasteiger partial charge in [0.2, 0.25) is 0 Å². The molecule has 1 aromatic heterocycles. The first-order valence-corrected chi connectivity index (χ1v) is 8.93. The van der Waals surface area contributed by atoms with E-state index in [2.05, 4.69) is 30.7 Å². The van der Waals surface area contributed by atoms with Crippen LogP contribution in [0.25, 0.3) is 0 Å². The Hall–Kier alpha value is -1.10. The summed E-state index contributed by atoms with van der Waals surface area (Å²) in [5, 5.41) is 0.636. The van der Waals surface area contributed by atoms with Gasteiger partial charge in [-0.25, -0.2) is 9.97 Å². The van der Waals surface area contributed by atoms with E-state index in [-0.39, 0.29) is 28.7 Å². The minimum Gasteiger partial charge on any atom is -0.461 e. The zero-order valence-electron chi connectivity index (χ0n) is 13.8.